The molecule has 18 heteroatoms. The molecular weight excluding hydrogens is 622 g/mol. The predicted octanol–water partition coefficient (Wildman–Crippen LogP) is 3.34. The molecule has 0 spiro atoms. The van der Waals surface area contributed by atoms with E-state index in [9.17, 15) is 45.5 Å². The number of nitrogens with zero attached hydrogens (tertiary/aromatic N) is 1. The molecule has 0 atom stereocenters. The highest BCUT2D eigenvalue weighted by molar-refractivity contribution is 6.41. The van der Waals surface area contributed by atoms with Gasteiger partial charge in [0.1, 0.15) is 36.4 Å². The van der Waals surface area contributed by atoms with Gasteiger partial charge in [-0.05, 0) is 37.1 Å². The number of Topliss-reactive ketones (excluding diaryl/α,β-unsaturated/α-hetero) is 2. The van der Waals surface area contributed by atoms with E-state index in [2.05, 4.69) is 0 Å². The quantitative estimate of drug-likeness (QED) is 0.0701. The lowest BCUT2D eigenvalue weighted by molar-refractivity contribution is -0.193. The first-order chi connectivity index (χ1) is 20.9. The zero-order chi connectivity index (χ0) is 33.9. The van der Waals surface area contributed by atoms with Gasteiger partial charge in [0, 0.05) is 30.3 Å². The fourth-order valence-electron chi connectivity index (χ4n) is 3.56. The number of likely N-dealkylation sites (tertiary alicyclic amines) is 1. The fourth-order valence-corrected chi connectivity index (χ4v) is 3.56. The van der Waals surface area contributed by atoms with Crippen molar-refractivity contribution in [1.29, 1.82) is 10.8 Å². The van der Waals surface area contributed by atoms with Crippen LogP contribution in [-0.4, -0.2) is 90.4 Å². The Morgan fingerprint density at radius 1 is 0.778 bits per heavy atom. The molecule has 5 N–H and O–H groups in total. The molecule has 244 valence electrons. The maximum atomic E-state index is 12.3. The average Bonchev–Trinajstić information content (AvgIpc) is 3.51. The highest BCUT2D eigenvalue weighted by Gasteiger charge is 2.54. The summed E-state index contributed by atoms with van der Waals surface area (Å²) in [6, 6.07) is 11.1. The van der Waals surface area contributed by atoms with Gasteiger partial charge in [-0.3, -0.25) is 20.4 Å². The van der Waals surface area contributed by atoms with Crippen LogP contribution in [0.1, 0.15) is 34.3 Å². The molecule has 1 aliphatic rings. The summed E-state index contributed by atoms with van der Waals surface area (Å²) in [6.45, 7) is 1.22. The molecule has 1 saturated heterocycles. The average molecular weight is 649 g/mol. The van der Waals surface area contributed by atoms with E-state index >= 15 is 0 Å². The summed E-state index contributed by atoms with van der Waals surface area (Å²) < 4.78 is 82.9. The first kappa shape index (κ1) is 36.0. The monoisotopic (exact) mass is 648 g/mol. The zero-order valence-corrected chi connectivity index (χ0v) is 23.1. The molecule has 1 fully saturated rings. The van der Waals surface area contributed by atoms with Gasteiger partial charge >= 0.3 is 35.9 Å². The van der Waals surface area contributed by atoms with Gasteiger partial charge < -0.3 is 30.0 Å². The van der Waals surface area contributed by atoms with E-state index in [0.29, 0.717) is 22.7 Å². The standard InChI is InChI=1S/C23H26N4O6.C4F6O2/c24-21(25)17-11-18(13-19(12-17)33-14-20(28)29)31-9-10-32-23(30)16-5-3-15(4-6-16)22(26)27-7-1-2-8-27;5-3(6,7)1(11)2(12)4(8,9)10/h3-6,11-13,26H,1-2,7-10,14H2,(H3,24,25)(H,28,29);. The van der Waals surface area contributed by atoms with Crippen molar-refractivity contribution < 1.29 is 64.8 Å². The lowest BCUT2D eigenvalue weighted by Crippen LogP contribution is -2.39. The summed E-state index contributed by atoms with van der Waals surface area (Å²) >= 11 is 0. The Hall–Kier alpha value is -5.16. The smallest absolute Gasteiger partial charge is 0.458 e. The van der Waals surface area contributed by atoms with Gasteiger partial charge in [-0.15, -0.1) is 0 Å². The van der Waals surface area contributed by atoms with Gasteiger partial charge in [0.15, 0.2) is 6.61 Å². The number of carboxylic acid groups (broad SMARTS) is 1. The number of nitrogens with one attached hydrogen (secondary N) is 2. The second kappa shape index (κ2) is 15.5. The van der Waals surface area contributed by atoms with Gasteiger partial charge in [-0.2, -0.15) is 26.3 Å². The molecule has 0 unspecified atom stereocenters. The van der Waals surface area contributed by atoms with Crippen LogP contribution < -0.4 is 15.2 Å². The molecule has 0 aliphatic carbocycles. The Morgan fingerprint density at radius 3 is 1.73 bits per heavy atom. The van der Waals surface area contributed by atoms with Crippen molar-refractivity contribution in [2.45, 2.75) is 25.2 Å². The number of hydrogen-bond donors (Lipinski definition) is 4. The van der Waals surface area contributed by atoms with E-state index < -0.39 is 42.5 Å². The minimum atomic E-state index is -5.77. The number of hydrogen-bond acceptors (Lipinski definition) is 9. The third-order valence-electron chi connectivity index (χ3n) is 5.68. The summed E-state index contributed by atoms with van der Waals surface area (Å²) in [5, 5.41) is 24.6. The van der Waals surface area contributed by atoms with Crippen LogP contribution in [0.5, 0.6) is 11.5 Å². The Labute approximate surface area is 250 Å². The largest absolute Gasteiger partial charge is 0.490 e. The van der Waals surface area contributed by atoms with E-state index in [4.69, 9.17) is 35.9 Å². The minimum Gasteiger partial charge on any atom is -0.490 e. The number of alkyl halides is 6. The fraction of sp³-hybridized carbons (Fsp3) is 0.333. The normalized spacial score (nSPS) is 12.8. The van der Waals surface area contributed by atoms with E-state index in [-0.39, 0.29) is 24.8 Å². The third-order valence-corrected chi connectivity index (χ3v) is 5.68. The third kappa shape index (κ3) is 11.5. The highest BCUT2D eigenvalue weighted by Crippen LogP contribution is 2.25. The van der Waals surface area contributed by atoms with Crippen LogP contribution >= 0.6 is 0 Å². The zero-order valence-electron chi connectivity index (χ0n) is 23.1. The van der Waals surface area contributed by atoms with Gasteiger partial charge in [-0.1, -0.05) is 12.1 Å². The summed E-state index contributed by atoms with van der Waals surface area (Å²) in [5.74, 6) is -7.75. The van der Waals surface area contributed by atoms with Crippen LogP contribution in [-0.2, 0) is 19.1 Å². The molecule has 12 nitrogen and oxygen atoms in total. The number of nitrogen functional groups attached to an aromatic ring is 1. The molecule has 45 heavy (non-hydrogen) atoms. The summed E-state index contributed by atoms with van der Waals surface area (Å²) in [7, 11) is 0. The van der Waals surface area contributed by atoms with E-state index in [1.54, 1.807) is 24.3 Å². The maximum Gasteiger partial charge on any atom is 0.458 e. The molecule has 1 aliphatic heterocycles. The van der Waals surface area contributed by atoms with Gasteiger partial charge in [0.25, 0.3) is 0 Å². The first-order valence-electron chi connectivity index (χ1n) is 12.7. The second-order valence-electron chi connectivity index (χ2n) is 9.05. The molecule has 0 radical (unpaired) electrons. The SMILES string of the molecule is N=C(N)c1cc(OCCOC(=O)c2ccc(C(=N)N3CCCC3)cc2)cc(OCC(=O)O)c1.O=C(C(=O)C(F)(F)F)C(F)(F)F. The highest BCUT2D eigenvalue weighted by atomic mass is 19.4. The molecule has 2 aromatic carbocycles. The van der Waals surface area contributed by atoms with Crippen molar-refractivity contribution in [3.63, 3.8) is 0 Å². The number of aliphatic carboxylic acids is 1. The Bertz CT molecular complexity index is 1400. The Balaban J connectivity index is 0.000000498. The van der Waals surface area contributed by atoms with Crippen LogP contribution in [0, 0.1) is 10.8 Å². The Morgan fingerprint density at radius 2 is 1.27 bits per heavy atom. The van der Waals surface area contributed by atoms with Crippen LogP contribution in [0.15, 0.2) is 42.5 Å². The molecule has 1 heterocycles. The number of benzene rings is 2. The van der Waals surface area contributed by atoms with Crippen molar-refractivity contribution in [3.05, 3.63) is 59.2 Å². The van der Waals surface area contributed by atoms with Crippen LogP contribution in [0.25, 0.3) is 0 Å². The maximum absolute atomic E-state index is 12.3. The lowest BCUT2D eigenvalue weighted by Gasteiger charge is -2.18. The van der Waals surface area contributed by atoms with E-state index in [1.165, 1.54) is 18.2 Å². The molecule has 2 aromatic rings. The number of ether oxygens (including phenoxy) is 3. The second-order valence-corrected chi connectivity index (χ2v) is 9.05. The molecule has 0 bridgehead atoms. The van der Waals surface area contributed by atoms with Crippen LogP contribution in [0.3, 0.4) is 0 Å². The van der Waals surface area contributed by atoms with Crippen molar-refractivity contribution >= 4 is 35.2 Å². The topological polar surface area (TPSA) is 193 Å². The summed E-state index contributed by atoms with van der Waals surface area (Å²) in [5.41, 5.74) is 6.94. The number of carboxylic acids is 1. The number of esters is 1. The predicted molar refractivity (Wildman–Crippen MR) is 143 cm³/mol. The Kier molecular flexibility index (Phi) is 12.4. The van der Waals surface area contributed by atoms with Crippen molar-refractivity contribution in [2.75, 3.05) is 32.9 Å². The molecule has 0 amide bonds. The molecular formula is C27H26F6N4O8. The number of carbonyl (C=O) groups is 4. The van der Waals surface area contributed by atoms with Gasteiger partial charge in [0.05, 0.1) is 5.56 Å². The molecule has 0 saturated carbocycles. The van der Waals surface area contributed by atoms with Gasteiger partial charge in [0.2, 0.25) is 0 Å². The number of halogens is 6. The van der Waals surface area contributed by atoms with Crippen molar-refractivity contribution in [3.8, 4) is 11.5 Å². The summed E-state index contributed by atoms with van der Waals surface area (Å²) in [4.78, 5) is 44.2. The number of rotatable bonds is 11. The van der Waals surface area contributed by atoms with E-state index in [0.717, 1.165) is 31.5 Å². The minimum absolute atomic E-state index is 0.0280. The number of ketones is 2. The van der Waals surface area contributed by atoms with Gasteiger partial charge in [-0.25, -0.2) is 9.59 Å². The molecule has 3 rings (SSSR count). The number of nitrogens with two attached hydrogens (primary N) is 1. The van der Waals surface area contributed by atoms with Crippen LogP contribution in [0.4, 0.5) is 26.3 Å². The number of amidine groups is 2. The number of carbonyl (C=O) groups excluding carboxylic acids is 3. The van der Waals surface area contributed by atoms with E-state index in [1.807, 2.05) is 4.90 Å². The summed E-state index contributed by atoms with van der Waals surface area (Å²) in [6.07, 6.45) is -9.37. The molecule has 0 aromatic heterocycles. The van der Waals surface area contributed by atoms with Crippen molar-refractivity contribution in [1.82, 2.24) is 4.90 Å². The van der Waals surface area contributed by atoms with Crippen LogP contribution in [0.2, 0.25) is 0 Å². The lowest BCUT2D eigenvalue weighted by atomic mass is 10.1. The van der Waals surface area contributed by atoms with Crippen molar-refractivity contribution in [2.24, 2.45) is 5.73 Å². The first-order valence-corrected chi connectivity index (χ1v) is 12.7.